The number of nitrogens with zero attached hydrogens (tertiary/aromatic N) is 4. The molecule has 7 heteroatoms. The Morgan fingerprint density at radius 1 is 1.48 bits per heavy atom. The smallest absolute Gasteiger partial charge is 0.410 e. The lowest BCUT2D eigenvalue weighted by Crippen LogP contribution is -2.45. The molecule has 0 radical (unpaired) electrons. The van der Waals surface area contributed by atoms with Gasteiger partial charge in [-0.3, -0.25) is 4.68 Å². The van der Waals surface area contributed by atoms with Crippen LogP contribution in [0.3, 0.4) is 0 Å². The maximum absolute atomic E-state index is 12.1. The Hall–Kier alpha value is -1.55. The summed E-state index contributed by atoms with van der Waals surface area (Å²) in [5, 5.41) is 13.9. The molecule has 0 saturated carbocycles. The fourth-order valence-electron chi connectivity index (χ4n) is 2.73. The summed E-state index contributed by atoms with van der Waals surface area (Å²) in [5.41, 5.74) is 0.0483. The first-order chi connectivity index (χ1) is 10.7. The molecule has 1 amide bonds. The van der Waals surface area contributed by atoms with E-state index in [4.69, 9.17) is 4.74 Å². The zero-order valence-corrected chi connectivity index (χ0v) is 15.7. The van der Waals surface area contributed by atoms with E-state index in [2.05, 4.69) is 27.1 Å². The fourth-order valence-corrected chi connectivity index (χ4v) is 3.22. The Balaban J connectivity index is 2.03. The predicted octanol–water partition coefficient (Wildman–Crippen LogP) is 3.27. The van der Waals surface area contributed by atoms with Crippen LogP contribution in [0.4, 0.5) is 4.79 Å². The monoisotopic (exact) mass is 382 g/mol. The Bertz CT molecular complexity index is 600. The molecule has 0 N–H and O–H groups in total. The first-order valence-corrected chi connectivity index (χ1v) is 8.51. The first kappa shape index (κ1) is 17.8. The van der Waals surface area contributed by atoms with Crippen molar-refractivity contribution in [2.75, 3.05) is 13.1 Å². The third-order valence-corrected chi connectivity index (χ3v) is 4.79. The van der Waals surface area contributed by atoms with Gasteiger partial charge in [-0.15, -0.1) is 0 Å². The number of carbonyl (C=O) groups excluding carboxylic acids is 1. The number of hydrogen-bond donors (Lipinski definition) is 0. The van der Waals surface area contributed by atoms with Gasteiger partial charge in [-0.25, -0.2) is 4.79 Å². The zero-order valence-electron chi connectivity index (χ0n) is 14.1. The molecule has 1 aliphatic heterocycles. The van der Waals surface area contributed by atoms with Crippen molar-refractivity contribution in [3.8, 4) is 6.07 Å². The van der Waals surface area contributed by atoms with Gasteiger partial charge in [0, 0.05) is 26.6 Å². The molecule has 1 aliphatic rings. The van der Waals surface area contributed by atoms with Crippen LogP contribution in [0.2, 0.25) is 0 Å². The van der Waals surface area contributed by atoms with Crippen LogP contribution in [0.5, 0.6) is 0 Å². The molecule has 0 atom stereocenters. The van der Waals surface area contributed by atoms with Crippen molar-refractivity contribution in [2.24, 2.45) is 12.5 Å². The van der Waals surface area contributed by atoms with Gasteiger partial charge in [-0.05, 0) is 49.5 Å². The minimum absolute atomic E-state index is 0.300. The second-order valence-corrected chi connectivity index (χ2v) is 7.95. The van der Waals surface area contributed by atoms with E-state index in [-0.39, 0.29) is 6.09 Å². The molecular weight excluding hydrogens is 360 g/mol. The van der Waals surface area contributed by atoms with Crippen molar-refractivity contribution >= 4 is 22.0 Å². The Labute approximate surface area is 145 Å². The van der Waals surface area contributed by atoms with Gasteiger partial charge < -0.3 is 9.64 Å². The van der Waals surface area contributed by atoms with Gasteiger partial charge in [0.2, 0.25) is 0 Å². The standard InChI is InChI=1S/C16H23BrN4O2/c1-15(2,3)23-14(22)21-7-5-16(11-18,6-8-21)9-13-12(17)10-19-20(13)4/h10H,5-9H2,1-4H3. The van der Waals surface area contributed by atoms with E-state index in [0.29, 0.717) is 32.4 Å². The average Bonchev–Trinajstić information content (AvgIpc) is 2.78. The predicted molar refractivity (Wildman–Crippen MR) is 89.7 cm³/mol. The number of carbonyl (C=O) groups is 1. The number of ether oxygens (including phenoxy) is 1. The summed E-state index contributed by atoms with van der Waals surface area (Å²) in [6.07, 6.45) is 3.35. The molecule has 0 unspecified atom stereocenters. The van der Waals surface area contributed by atoms with Crippen LogP contribution < -0.4 is 0 Å². The SMILES string of the molecule is Cn1ncc(Br)c1CC1(C#N)CCN(C(=O)OC(C)(C)C)CC1. The maximum Gasteiger partial charge on any atom is 0.410 e. The van der Waals surface area contributed by atoms with E-state index in [1.165, 1.54) is 0 Å². The highest BCUT2D eigenvalue weighted by Crippen LogP contribution is 2.36. The van der Waals surface area contributed by atoms with Crippen LogP contribution >= 0.6 is 15.9 Å². The molecule has 0 aromatic carbocycles. The van der Waals surface area contributed by atoms with Crippen LogP contribution in [0.15, 0.2) is 10.7 Å². The van der Waals surface area contributed by atoms with Gasteiger partial charge in [-0.2, -0.15) is 10.4 Å². The van der Waals surface area contributed by atoms with Crippen molar-refractivity contribution in [2.45, 2.75) is 45.6 Å². The number of nitriles is 1. The molecule has 1 fully saturated rings. The van der Waals surface area contributed by atoms with E-state index < -0.39 is 11.0 Å². The quantitative estimate of drug-likeness (QED) is 0.786. The summed E-state index contributed by atoms with van der Waals surface area (Å²) in [7, 11) is 1.88. The molecule has 2 heterocycles. The van der Waals surface area contributed by atoms with Crippen LogP contribution in [-0.4, -0.2) is 39.5 Å². The molecule has 23 heavy (non-hydrogen) atoms. The second-order valence-electron chi connectivity index (χ2n) is 7.10. The van der Waals surface area contributed by atoms with E-state index in [1.54, 1.807) is 15.8 Å². The summed E-state index contributed by atoms with van der Waals surface area (Å²) < 4.78 is 8.12. The van der Waals surface area contributed by atoms with Crippen molar-refractivity contribution in [1.29, 1.82) is 5.26 Å². The van der Waals surface area contributed by atoms with Gasteiger partial charge in [0.05, 0.1) is 27.8 Å². The Morgan fingerprint density at radius 3 is 2.52 bits per heavy atom. The van der Waals surface area contributed by atoms with Crippen molar-refractivity contribution in [1.82, 2.24) is 14.7 Å². The number of likely N-dealkylation sites (tertiary alicyclic amines) is 1. The van der Waals surface area contributed by atoms with Crippen molar-refractivity contribution < 1.29 is 9.53 Å². The fraction of sp³-hybridized carbons (Fsp3) is 0.688. The average molecular weight is 383 g/mol. The molecule has 2 rings (SSSR count). The number of halogens is 1. The molecule has 0 spiro atoms. The van der Waals surface area contributed by atoms with E-state index >= 15 is 0 Å². The maximum atomic E-state index is 12.1. The van der Waals surface area contributed by atoms with Crippen LogP contribution in [0.1, 0.15) is 39.3 Å². The Morgan fingerprint density at radius 2 is 2.09 bits per heavy atom. The minimum Gasteiger partial charge on any atom is -0.444 e. The summed E-state index contributed by atoms with van der Waals surface area (Å²) in [5.74, 6) is 0. The zero-order chi connectivity index (χ0) is 17.3. The van der Waals surface area contributed by atoms with Crippen LogP contribution in [0.25, 0.3) is 0 Å². The van der Waals surface area contributed by atoms with Gasteiger partial charge in [-0.1, -0.05) is 0 Å². The minimum atomic E-state index is -0.500. The molecule has 1 saturated heterocycles. The summed E-state index contributed by atoms with van der Waals surface area (Å²) >= 11 is 3.49. The lowest BCUT2D eigenvalue weighted by atomic mass is 9.76. The van der Waals surface area contributed by atoms with E-state index in [0.717, 1.165) is 10.2 Å². The number of hydrogen-bond acceptors (Lipinski definition) is 4. The first-order valence-electron chi connectivity index (χ1n) is 7.71. The highest BCUT2D eigenvalue weighted by Gasteiger charge is 2.38. The molecule has 0 bridgehead atoms. The summed E-state index contributed by atoms with van der Waals surface area (Å²) in [6, 6.07) is 2.48. The molecule has 1 aromatic heterocycles. The number of aromatic nitrogens is 2. The molecule has 1 aromatic rings. The number of amides is 1. The molecular formula is C16H23BrN4O2. The third kappa shape index (κ3) is 4.25. The number of piperidine rings is 1. The second kappa shape index (κ2) is 6.52. The van der Waals surface area contributed by atoms with Crippen molar-refractivity contribution in [3.05, 3.63) is 16.4 Å². The molecule has 6 nitrogen and oxygen atoms in total. The molecule has 126 valence electrons. The van der Waals surface area contributed by atoms with Crippen LogP contribution in [0, 0.1) is 16.7 Å². The number of rotatable bonds is 2. The topological polar surface area (TPSA) is 71.2 Å². The largest absolute Gasteiger partial charge is 0.444 e. The van der Waals surface area contributed by atoms with Gasteiger partial charge in [0.25, 0.3) is 0 Å². The third-order valence-electron chi connectivity index (χ3n) is 4.13. The van der Waals surface area contributed by atoms with E-state index in [1.807, 2.05) is 27.8 Å². The van der Waals surface area contributed by atoms with Gasteiger partial charge in [0.15, 0.2) is 0 Å². The van der Waals surface area contributed by atoms with E-state index in [9.17, 15) is 10.1 Å². The number of aryl methyl sites for hydroxylation is 1. The van der Waals surface area contributed by atoms with Gasteiger partial charge >= 0.3 is 6.09 Å². The summed E-state index contributed by atoms with van der Waals surface area (Å²) in [4.78, 5) is 13.8. The lowest BCUT2D eigenvalue weighted by Gasteiger charge is -2.37. The highest BCUT2D eigenvalue weighted by atomic mass is 79.9. The highest BCUT2D eigenvalue weighted by molar-refractivity contribution is 9.10. The van der Waals surface area contributed by atoms with Crippen LogP contribution in [-0.2, 0) is 18.2 Å². The Kier molecular flexibility index (Phi) is 5.04. The van der Waals surface area contributed by atoms with Gasteiger partial charge in [0.1, 0.15) is 5.60 Å². The van der Waals surface area contributed by atoms with Crippen molar-refractivity contribution in [3.63, 3.8) is 0 Å². The lowest BCUT2D eigenvalue weighted by molar-refractivity contribution is 0.0147. The normalized spacial score (nSPS) is 17.7. The summed E-state index contributed by atoms with van der Waals surface area (Å²) in [6.45, 7) is 6.65. The molecule has 0 aliphatic carbocycles.